The lowest BCUT2D eigenvalue weighted by Crippen LogP contribution is -2.36. The minimum Gasteiger partial charge on any atom is -0.459 e. The molecule has 0 aliphatic rings. The standard InChI is InChI=1S/C19H33NO6/c1-18(2,3)25-16(23)13(17(24)26-19(4,5)6)11-9-8-10-12-14(21)15(22)20-7/h13H,8-12H2,1-7H3,(H,20,22). The van der Waals surface area contributed by atoms with Crippen LogP contribution in [0.15, 0.2) is 0 Å². The molecule has 0 aliphatic carbocycles. The molecular weight excluding hydrogens is 338 g/mol. The van der Waals surface area contributed by atoms with Gasteiger partial charge in [-0.05, 0) is 54.4 Å². The second-order valence-corrected chi connectivity index (χ2v) is 8.22. The van der Waals surface area contributed by atoms with Gasteiger partial charge < -0.3 is 14.8 Å². The predicted octanol–water partition coefficient (Wildman–Crippen LogP) is 2.55. The molecule has 0 atom stereocenters. The van der Waals surface area contributed by atoms with Crippen molar-refractivity contribution < 1.29 is 28.7 Å². The zero-order valence-corrected chi connectivity index (χ0v) is 17.1. The number of hydrogen-bond acceptors (Lipinski definition) is 6. The maximum atomic E-state index is 12.4. The molecule has 1 N–H and O–H groups in total. The van der Waals surface area contributed by atoms with E-state index in [1.165, 1.54) is 7.05 Å². The van der Waals surface area contributed by atoms with Gasteiger partial charge in [0, 0.05) is 13.5 Å². The van der Waals surface area contributed by atoms with Gasteiger partial charge in [-0.3, -0.25) is 19.2 Å². The zero-order chi connectivity index (χ0) is 20.5. The van der Waals surface area contributed by atoms with E-state index in [9.17, 15) is 19.2 Å². The SMILES string of the molecule is CNC(=O)C(=O)CCCCCC(C(=O)OC(C)(C)C)C(=O)OC(C)(C)C. The smallest absolute Gasteiger partial charge is 0.320 e. The first kappa shape index (κ1) is 24.1. The van der Waals surface area contributed by atoms with Crippen molar-refractivity contribution in [1.82, 2.24) is 5.32 Å². The van der Waals surface area contributed by atoms with Crippen LogP contribution in [0.25, 0.3) is 0 Å². The average Bonchev–Trinajstić information content (AvgIpc) is 2.45. The summed E-state index contributed by atoms with van der Waals surface area (Å²) in [6.45, 7) is 10.4. The number of ketones is 1. The number of esters is 2. The third-order valence-corrected chi connectivity index (χ3v) is 3.26. The molecular formula is C19H33NO6. The summed E-state index contributed by atoms with van der Waals surface area (Å²) in [6.07, 6.45) is 2.10. The van der Waals surface area contributed by atoms with E-state index in [1.807, 2.05) is 0 Å². The number of hydrogen-bond donors (Lipinski definition) is 1. The van der Waals surface area contributed by atoms with E-state index in [4.69, 9.17) is 9.47 Å². The van der Waals surface area contributed by atoms with Crippen LogP contribution in [0.5, 0.6) is 0 Å². The maximum absolute atomic E-state index is 12.4. The van der Waals surface area contributed by atoms with Crippen LogP contribution < -0.4 is 5.32 Å². The molecule has 0 bridgehead atoms. The van der Waals surface area contributed by atoms with Crippen LogP contribution in [-0.4, -0.2) is 41.9 Å². The number of rotatable bonds is 9. The minimum atomic E-state index is -0.997. The van der Waals surface area contributed by atoms with Gasteiger partial charge >= 0.3 is 11.9 Å². The van der Waals surface area contributed by atoms with Crippen LogP contribution in [0.1, 0.15) is 73.6 Å². The van der Waals surface area contributed by atoms with Crippen LogP contribution >= 0.6 is 0 Å². The molecule has 26 heavy (non-hydrogen) atoms. The van der Waals surface area contributed by atoms with Gasteiger partial charge in [-0.2, -0.15) is 0 Å². The van der Waals surface area contributed by atoms with Gasteiger partial charge in [0.1, 0.15) is 11.2 Å². The first-order valence-electron chi connectivity index (χ1n) is 8.97. The van der Waals surface area contributed by atoms with E-state index in [0.29, 0.717) is 19.3 Å². The van der Waals surface area contributed by atoms with Gasteiger partial charge in [0.05, 0.1) is 0 Å². The van der Waals surface area contributed by atoms with Crippen molar-refractivity contribution in [3.05, 3.63) is 0 Å². The molecule has 0 aromatic carbocycles. The first-order chi connectivity index (χ1) is 11.8. The molecule has 150 valence electrons. The quantitative estimate of drug-likeness (QED) is 0.289. The maximum Gasteiger partial charge on any atom is 0.320 e. The third kappa shape index (κ3) is 10.8. The number of carbonyl (C=O) groups is 4. The Kier molecular flexibility index (Phi) is 9.52. The van der Waals surface area contributed by atoms with Crippen molar-refractivity contribution in [2.75, 3.05) is 7.05 Å². The Labute approximate surface area is 156 Å². The van der Waals surface area contributed by atoms with Crippen LogP contribution in [0.3, 0.4) is 0 Å². The lowest BCUT2D eigenvalue weighted by atomic mass is 9.99. The summed E-state index contributed by atoms with van der Waals surface area (Å²) < 4.78 is 10.7. The summed E-state index contributed by atoms with van der Waals surface area (Å²) in [5, 5.41) is 2.29. The van der Waals surface area contributed by atoms with Crippen molar-refractivity contribution in [2.45, 2.75) is 84.8 Å². The Bertz CT molecular complexity index is 485. The summed E-state index contributed by atoms with van der Waals surface area (Å²) in [5.41, 5.74) is -1.39. The molecule has 0 radical (unpaired) electrons. The number of Topliss-reactive ketones (excluding diaryl/α,β-unsaturated/α-hetero) is 1. The molecule has 0 rings (SSSR count). The monoisotopic (exact) mass is 371 g/mol. The zero-order valence-electron chi connectivity index (χ0n) is 17.1. The number of amides is 1. The summed E-state index contributed by atoms with van der Waals surface area (Å²) in [4.78, 5) is 47.3. The predicted molar refractivity (Wildman–Crippen MR) is 97.3 cm³/mol. The highest BCUT2D eigenvalue weighted by molar-refractivity contribution is 6.36. The number of unbranched alkanes of at least 4 members (excludes halogenated alkanes) is 2. The molecule has 0 saturated carbocycles. The molecule has 0 fully saturated rings. The fourth-order valence-corrected chi connectivity index (χ4v) is 2.14. The second-order valence-electron chi connectivity index (χ2n) is 8.22. The van der Waals surface area contributed by atoms with Crippen molar-refractivity contribution in [1.29, 1.82) is 0 Å². The highest BCUT2D eigenvalue weighted by atomic mass is 16.6. The molecule has 0 aromatic heterocycles. The Hall–Kier alpha value is -1.92. The number of ether oxygens (including phenoxy) is 2. The largest absolute Gasteiger partial charge is 0.459 e. The minimum absolute atomic E-state index is 0.142. The molecule has 0 aromatic rings. The lowest BCUT2D eigenvalue weighted by molar-refractivity contribution is -0.174. The number of nitrogens with one attached hydrogen (secondary N) is 1. The number of carbonyl (C=O) groups excluding carboxylic acids is 4. The highest BCUT2D eigenvalue weighted by Gasteiger charge is 2.34. The van der Waals surface area contributed by atoms with E-state index < -0.39 is 40.7 Å². The van der Waals surface area contributed by atoms with Crippen LogP contribution in [0.4, 0.5) is 0 Å². The molecule has 7 heteroatoms. The second kappa shape index (κ2) is 10.3. The highest BCUT2D eigenvalue weighted by Crippen LogP contribution is 2.21. The molecule has 0 saturated heterocycles. The molecule has 0 spiro atoms. The van der Waals surface area contributed by atoms with E-state index in [0.717, 1.165) is 0 Å². The summed E-state index contributed by atoms with van der Waals surface area (Å²) in [6, 6.07) is 0. The Morgan fingerprint density at radius 2 is 1.27 bits per heavy atom. The molecule has 0 heterocycles. The van der Waals surface area contributed by atoms with Gasteiger partial charge in [-0.15, -0.1) is 0 Å². The van der Waals surface area contributed by atoms with Crippen molar-refractivity contribution in [3.8, 4) is 0 Å². The van der Waals surface area contributed by atoms with Crippen molar-refractivity contribution >= 4 is 23.6 Å². The summed E-state index contributed by atoms with van der Waals surface area (Å²) in [5.74, 6) is -3.28. The van der Waals surface area contributed by atoms with E-state index >= 15 is 0 Å². The van der Waals surface area contributed by atoms with Gasteiger partial charge in [-0.25, -0.2) is 0 Å². The Morgan fingerprint density at radius 1 is 0.808 bits per heavy atom. The fraction of sp³-hybridized carbons (Fsp3) is 0.789. The Balaban J connectivity index is 4.67. The van der Waals surface area contributed by atoms with Gasteiger partial charge in [0.25, 0.3) is 5.91 Å². The molecule has 0 unspecified atom stereocenters. The molecule has 0 aliphatic heterocycles. The number of likely N-dealkylation sites (N-methyl/N-ethyl adjacent to an activating group) is 1. The van der Waals surface area contributed by atoms with Crippen molar-refractivity contribution in [3.63, 3.8) is 0 Å². The summed E-state index contributed by atoms with van der Waals surface area (Å²) in [7, 11) is 1.41. The third-order valence-electron chi connectivity index (χ3n) is 3.26. The topological polar surface area (TPSA) is 98.8 Å². The van der Waals surface area contributed by atoms with Gasteiger partial charge in [0.2, 0.25) is 5.78 Å². The lowest BCUT2D eigenvalue weighted by Gasteiger charge is -2.26. The average molecular weight is 371 g/mol. The normalized spacial score (nSPS) is 11.8. The van der Waals surface area contributed by atoms with Crippen LogP contribution in [0.2, 0.25) is 0 Å². The van der Waals surface area contributed by atoms with Gasteiger partial charge in [0.15, 0.2) is 5.92 Å². The molecule has 7 nitrogen and oxygen atoms in total. The van der Waals surface area contributed by atoms with Crippen molar-refractivity contribution in [2.24, 2.45) is 5.92 Å². The summed E-state index contributed by atoms with van der Waals surface area (Å²) >= 11 is 0. The van der Waals surface area contributed by atoms with Crippen LogP contribution in [-0.2, 0) is 28.7 Å². The Morgan fingerprint density at radius 3 is 1.65 bits per heavy atom. The van der Waals surface area contributed by atoms with E-state index in [2.05, 4.69) is 5.32 Å². The van der Waals surface area contributed by atoms with E-state index in [1.54, 1.807) is 41.5 Å². The fourth-order valence-electron chi connectivity index (χ4n) is 2.14. The van der Waals surface area contributed by atoms with E-state index in [-0.39, 0.29) is 12.8 Å². The first-order valence-corrected chi connectivity index (χ1v) is 8.97. The van der Waals surface area contributed by atoms with Gasteiger partial charge in [-0.1, -0.05) is 12.8 Å². The molecule has 1 amide bonds. The van der Waals surface area contributed by atoms with Crippen LogP contribution in [0, 0.1) is 5.92 Å².